The molecule has 0 N–H and O–H groups in total. The molecule has 0 saturated carbocycles. The van der Waals surface area contributed by atoms with E-state index in [4.69, 9.17) is 4.74 Å². The lowest BCUT2D eigenvalue weighted by Crippen LogP contribution is -2.27. The lowest BCUT2D eigenvalue weighted by molar-refractivity contribution is 0.0225. The van der Waals surface area contributed by atoms with Gasteiger partial charge in [-0.25, -0.2) is 0 Å². The van der Waals surface area contributed by atoms with Crippen LogP contribution in [0.25, 0.3) is 0 Å². The molecule has 1 nitrogen and oxygen atoms in total. The van der Waals surface area contributed by atoms with Crippen molar-refractivity contribution in [2.24, 2.45) is 0 Å². The third-order valence-corrected chi connectivity index (χ3v) is 4.27. The summed E-state index contributed by atoms with van der Waals surface area (Å²) < 4.78 is 6.99. The fraction of sp³-hybridized carbons (Fsp3) is 0.333. The van der Waals surface area contributed by atoms with Gasteiger partial charge in [0.15, 0.2) is 0 Å². The normalized spacial score (nSPS) is 25.9. The molecule has 1 unspecified atom stereocenters. The second kappa shape index (κ2) is 4.40. The van der Waals surface area contributed by atoms with Crippen molar-refractivity contribution < 1.29 is 4.74 Å². The molecule has 1 heterocycles. The Morgan fingerprint density at radius 3 is 2.67 bits per heavy atom. The highest BCUT2D eigenvalue weighted by molar-refractivity contribution is 9.10. The first-order chi connectivity index (χ1) is 7.18. The zero-order valence-corrected chi connectivity index (χ0v) is 11.5. The van der Waals surface area contributed by atoms with Crippen LogP contribution in [-0.2, 0) is 10.3 Å². The Hall–Kier alpha value is -0.120. The van der Waals surface area contributed by atoms with Gasteiger partial charge in [-0.15, -0.1) is 0 Å². The molecule has 1 aromatic carbocycles. The van der Waals surface area contributed by atoms with Gasteiger partial charge in [0.25, 0.3) is 0 Å². The van der Waals surface area contributed by atoms with Crippen LogP contribution in [0.3, 0.4) is 0 Å². The van der Waals surface area contributed by atoms with Crippen molar-refractivity contribution in [2.45, 2.75) is 12.0 Å². The topological polar surface area (TPSA) is 9.23 Å². The van der Waals surface area contributed by atoms with Crippen LogP contribution in [0, 0.1) is 0 Å². The Balaban J connectivity index is 2.43. The zero-order chi connectivity index (χ0) is 10.9. The van der Waals surface area contributed by atoms with E-state index in [1.165, 1.54) is 5.56 Å². The van der Waals surface area contributed by atoms with Gasteiger partial charge in [-0.05, 0) is 17.2 Å². The van der Waals surface area contributed by atoms with Crippen LogP contribution in [0.1, 0.15) is 12.0 Å². The van der Waals surface area contributed by atoms with Crippen molar-refractivity contribution in [1.29, 1.82) is 0 Å². The summed E-state index contributed by atoms with van der Waals surface area (Å²) in [7, 11) is 0. The zero-order valence-electron chi connectivity index (χ0n) is 8.30. The first-order valence-corrected chi connectivity index (χ1v) is 6.71. The summed E-state index contributed by atoms with van der Waals surface area (Å²) in [6.07, 6.45) is 0.890. The predicted molar refractivity (Wildman–Crippen MR) is 69.3 cm³/mol. The standard InChI is InChI=1S/C12H12Br2O/c1-9-6-12(8-13,15-7-9)10-4-2-3-5-11(10)14/h2-5H,1,6-8H2. The molecule has 3 heteroatoms. The SMILES string of the molecule is C=C1COC(CBr)(c2ccccc2Br)C1. The number of hydrogen-bond donors (Lipinski definition) is 0. The smallest absolute Gasteiger partial charge is 0.108 e. The minimum atomic E-state index is -0.239. The summed E-state index contributed by atoms with van der Waals surface area (Å²) in [5, 5.41) is 0.793. The molecule has 15 heavy (non-hydrogen) atoms. The maximum atomic E-state index is 5.89. The predicted octanol–water partition coefficient (Wildman–Crippen LogP) is 4.02. The third kappa shape index (κ3) is 2.05. The van der Waals surface area contributed by atoms with Gasteiger partial charge in [0.2, 0.25) is 0 Å². The minimum absolute atomic E-state index is 0.239. The Morgan fingerprint density at radius 2 is 2.13 bits per heavy atom. The summed E-state index contributed by atoms with van der Waals surface area (Å²) >= 11 is 7.12. The highest BCUT2D eigenvalue weighted by Crippen LogP contribution is 2.42. The van der Waals surface area contributed by atoms with Crippen LogP contribution in [0.4, 0.5) is 0 Å². The maximum absolute atomic E-state index is 5.89. The van der Waals surface area contributed by atoms with Gasteiger partial charge in [0.1, 0.15) is 5.60 Å². The lowest BCUT2D eigenvalue weighted by atomic mass is 9.92. The highest BCUT2D eigenvalue weighted by atomic mass is 79.9. The Morgan fingerprint density at radius 1 is 1.40 bits per heavy atom. The van der Waals surface area contributed by atoms with Crippen molar-refractivity contribution >= 4 is 31.9 Å². The number of benzene rings is 1. The van der Waals surface area contributed by atoms with E-state index in [2.05, 4.69) is 44.5 Å². The van der Waals surface area contributed by atoms with Gasteiger partial charge in [0.05, 0.1) is 6.61 Å². The van der Waals surface area contributed by atoms with Crippen molar-refractivity contribution in [3.8, 4) is 0 Å². The van der Waals surface area contributed by atoms with Gasteiger partial charge in [0, 0.05) is 16.2 Å². The highest BCUT2D eigenvalue weighted by Gasteiger charge is 2.38. The summed E-state index contributed by atoms with van der Waals surface area (Å²) in [5.41, 5.74) is 2.11. The van der Waals surface area contributed by atoms with Gasteiger partial charge in [-0.1, -0.05) is 56.6 Å². The molecule has 0 radical (unpaired) electrons. The number of rotatable bonds is 2. The van der Waals surface area contributed by atoms with E-state index >= 15 is 0 Å². The van der Waals surface area contributed by atoms with Crippen LogP contribution in [0.5, 0.6) is 0 Å². The number of alkyl halides is 1. The van der Waals surface area contributed by atoms with Gasteiger partial charge in [-0.2, -0.15) is 0 Å². The molecule has 1 fully saturated rings. The quantitative estimate of drug-likeness (QED) is 0.587. The van der Waals surface area contributed by atoms with Crippen molar-refractivity contribution in [1.82, 2.24) is 0 Å². The lowest BCUT2D eigenvalue weighted by Gasteiger charge is -2.27. The fourth-order valence-electron chi connectivity index (χ4n) is 1.91. The molecule has 0 aromatic heterocycles. The van der Waals surface area contributed by atoms with Crippen LogP contribution in [0.15, 0.2) is 40.9 Å². The first-order valence-electron chi connectivity index (χ1n) is 4.79. The molecule has 1 aliphatic rings. The van der Waals surface area contributed by atoms with E-state index in [9.17, 15) is 0 Å². The van der Waals surface area contributed by atoms with Gasteiger partial charge >= 0.3 is 0 Å². The van der Waals surface area contributed by atoms with Crippen molar-refractivity contribution in [3.05, 3.63) is 46.5 Å². The van der Waals surface area contributed by atoms with Crippen LogP contribution >= 0.6 is 31.9 Å². The van der Waals surface area contributed by atoms with E-state index < -0.39 is 0 Å². The van der Waals surface area contributed by atoms with Crippen LogP contribution in [0.2, 0.25) is 0 Å². The largest absolute Gasteiger partial charge is 0.365 e. The summed E-state index contributed by atoms with van der Waals surface area (Å²) in [6, 6.07) is 8.20. The number of hydrogen-bond acceptors (Lipinski definition) is 1. The number of halogens is 2. The minimum Gasteiger partial charge on any atom is -0.365 e. The summed E-state index contributed by atoms with van der Waals surface area (Å²) in [4.78, 5) is 0. The molecule has 1 aromatic rings. The molecule has 80 valence electrons. The molecule has 0 amide bonds. The Kier molecular flexibility index (Phi) is 3.33. The average molecular weight is 332 g/mol. The summed E-state index contributed by atoms with van der Waals surface area (Å²) in [6.45, 7) is 4.65. The molecule has 1 atom stereocenters. The molecule has 0 aliphatic carbocycles. The van der Waals surface area contributed by atoms with Crippen molar-refractivity contribution in [2.75, 3.05) is 11.9 Å². The Bertz CT molecular complexity index is 389. The molecule has 1 aliphatic heterocycles. The van der Waals surface area contributed by atoms with E-state index in [0.717, 1.165) is 21.8 Å². The molecule has 2 rings (SSSR count). The van der Waals surface area contributed by atoms with Gasteiger partial charge in [-0.3, -0.25) is 0 Å². The molecule has 0 bridgehead atoms. The molecular formula is C12H12Br2O. The molecule has 1 saturated heterocycles. The van der Waals surface area contributed by atoms with Crippen LogP contribution < -0.4 is 0 Å². The molecule has 0 spiro atoms. The van der Waals surface area contributed by atoms with E-state index in [1.807, 2.05) is 18.2 Å². The summed E-state index contributed by atoms with van der Waals surface area (Å²) in [5.74, 6) is 0. The first kappa shape index (κ1) is 11.4. The van der Waals surface area contributed by atoms with E-state index in [0.29, 0.717) is 6.61 Å². The third-order valence-electron chi connectivity index (χ3n) is 2.67. The van der Waals surface area contributed by atoms with E-state index in [-0.39, 0.29) is 5.60 Å². The maximum Gasteiger partial charge on any atom is 0.108 e. The van der Waals surface area contributed by atoms with Crippen molar-refractivity contribution in [3.63, 3.8) is 0 Å². The van der Waals surface area contributed by atoms with Gasteiger partial charge < -0.3 is 4.74 Å². The fourth-order valence-corrected chi connectivity index (χ4v) is 3.22. The second-order valence-corrected chi connectivity index (χ2v) is 5.24. The van der Waals surface area contributed by atoms with E-state index in [1.54, 1.807) is 0 Å². The Labute approximate surface area is 107 Å². The van der Waals surface area contributed by atoms with Crippen LogP contribution in [-0.4, -0.2) is 11.9 Å². The monoisotopic (exact) mass is 330 g/mol. The molecular weight excluding hydrogens is 320 g/mol. The number of ether oxygens (including phenoxy) is 1. The second-order valence-electron chi connectivity index (χ2n) is 3.82. The average Bonchev–Trinajstić information content (AvgIpc) is 2.62.